The fourth-order valence-corrected chi connectivity index (χ4v) is 6.67. The third kappa shape index (κ3) is 4.96. The molecule has 8 heteroatoms. The normalized spacial score (nSPS) is 19.1. The standard InChI is InChI=1S/C25H31N3O4S/c1-18-10-11-22(26-19(2)29)24(16-18)33(31,32)28-15-12-20-8-4-5-9-21(20)23(28)17-25(30)27-13-6-3-7-14-27/h4-5,8-11,16,23H,3,6-7,12-15,17H2,1-2H3,(H,26,29). The molecule has 2 aliphatic rings. The van der Waals surface area contributed by atoms with Crippen molar-refractivity contribution in [3.05, 3.63) is 59.2 Å². The van der Waals surface area contributed by atoms with Gasteiger partial charge in [-0.25, -0.2) is 8.42 Å². The first-order valence-corrected chi connectivity index (χ1v) is 13.0. The number of fused-ring (bicyclic) bond motifs is 1. The fraction of sp³-hybridized carbons (Fsp3) is 0.440. The first-order chi connectivity index (χ1) is 15.8. The predicted octanol–water partition coefficient (Wildman–Crippen LogP) is 3.64. The summed E-state index contributed by atoms with van der Waals surface area (Å²) in [5.41, 5.74) is 2.99. The second-order valence-corrected chi connectivity index (χ2v) is 10.8. The highest BCUT2D eigenvalue weighted by Gasteiger charge is 2.39. The van der Waals surface area contributed by atoms with Crippen LogP contribution in [0.5, 0.6) is 0 Å². The molecule has 0 spiro atoms. The zero-order valence-electron chi connectivity index (χ0n) is 19.2. The molecule has 1 saturated heterocycles. The summed E-state index contributed by atoms with van der Waals surface area (Å²) < 4.78 is 29.4. The van der Waals surface area contributed by atoms with Gasteiger partial charge in [-0.2, -0.15) is 4.31 Å². The van der Waals surface area contributed by atoms with Gasteiger partial charge in [-0.15, -0.1) is 0 Å². The van der Waals surface area contributed by atoms with Gasteiger partial charge in [0.25, 0.3) is 0 Å². The minimum Gasteiger partial charge on any atom is -0.343 e. The highest BCUT2D eigenvalue weighted by Crippen LogP contribution is 2.38. The van der Waals surface area contributed by atoms with Gasteiger partial charge in [0.15, 0.2) is 0 Å². The van der Waals surface area contributed by atoms with Crippen molar-refractivity contribution in [1.82, 2.24) is 9.21 Å². The minimum atomic E-state index is -3.98. The van der Waals surface area contributed by atoms with Crippen molar-refractivity contribution in [2.45, 2.75) is 56.9 Å². The van der Waals surface area contributed by atoms with Gasteiger partial charge in [-0.05, 0) is 61.4 Å². The van der Waals surface area contributed by atoms with Gasteiger partial charge in [0.05, 0.1) is 11.7 Å². The largest absolute Gasteiger partial charge is 0.343 e. The molecule has 7 nitrogen and oxygen atoms in total. The number of amides is 2. The van der Waals surface area contributed by atoms with Gasteiger partial charge >= 0.3 is 0 Å². The monoisotopic (exact) mass is 469 g/mol. The van der Waals surface area contributed by atoms with E-state index in [-0.39, 0.29) is 35.4 Å². The summed E-state index contributed by atoms with van der Waals surface area (Å²) in [7, 11) is -3.98. The van der Waals surface area contributed by atoms with E-state index in [2.05, 4.69) is 5.32 Å². The number of carbonyl (C=O) groups excluding carboxylic acids is 2. The number of benzene rings is 2. The van der Waals surface area contributed by atoms with Crippen LogP contribution in [0, 0.1) is 6.92 Å². The Morgan fingerprint density at radius 3 is 2.48 bits per heavy atom. The maximum absolute atomic E-state index is 14.0. The second-order valence-electron chi connectivity index (χ2n) is 8.91. The van der Waals surface area contributed by atoms with Crippen LogP contribution < -0.4 is 5.32 Å². The van der Waals surface area contributed by atoms with E-state index >= 15 is 0 Å². The molecule has 1 atom stereocenters. The van der Waals surface area contributed by atoms with Gasteiger partial charge in [0, 0.05) is 33.0 Å². The lowest BCUT2D eigenvalue weighted by molar-refractivity contribution is -0.133. The number of hydrogen-bond acceptors (Lipinski definition) is 4. The average molecular weight is 470 g/mol. The molecule has 0 bridgehead atoms. The van der Waals surface area contributed by atoms with E-state index in [1.165, 1.54) is 11.2 Å². The Labute approximate surface area is 195 Å². The van der Waals surface area contributed by atoms with E-state index in [9.17, 15) is 18.0 Å². The van der Waals surface area contributed by atoms with Crippen LogP contribution in [0.1, 0.15) is 55.3 Å². The lowest BCUT2D eigenvalue weighted by atomic mass is 9.92. The molecule has 33 heavy (non-hydrogen) atoms. The summed E-state index contributed by atoms with van der Waals surface area (Å²) in [4.78, 5) is 26.9. The summed E-state index contributed by atoms with van der Waals surface area (Å²) in [5, 5.41) is 2.65. The van der Waals surface area contributed by atoms with Crippen molar-refractivity contribution >= 4 is 27.5 Å². The predicted molar refractivity (Wildman–Crippen MR) is 127 cm³/mol. The van der Waals surface area contributed by atoms with Crippen molar-refractivity contribution < 1.29 is 18.0 Å². The van der Waals surface area contributed by atoms with Gasteiger partial charge in [-0.3, -0.25) is 9.59 Å². The maximum atomic E-state index is 14.0. The summed E-state index contributed by atoms with van der Waals surface area (Å²) in [6.07, 6.45) is 3.77. The SMILES string of the molecule is CC(=O)Nc1ccc(C)cc1S(=O)(=O)N1CCc2ccccc2C1CC(=O)N1CCCCC1. The molecule has 4 rings (SSSR count). The lowest BCUT2D eigenvalue weighted by Crippen LogP contribution is -2.44. The molecule has 0 saturated carbocycles. The molecule has 2 aliphatic heterocycles. The molecule has 2 heterocycles. The Kier molecular flexibility index (Phi) is 6.86. The quantitative estimate of drug-likeness (QED) is 0.724. The van der Waals surface area contributed by atoms with E-state index in [0.717, 1.165) is 49.0 Å². The van der Waals surface area contributed by atoms with E-state index < -0.39 is 16.1 Å². The number of nitrogens with zero attached hydrogens (tertiary/aromatic N) is 2. The summed E-state index contributed by atoms with van der Waals surface area (Å²) in [5.74, 6) is -0.348. The number of rotatable bonds is 5. The van der Waals surface area contributed by atoms with Crippen molar-refractivity contribution in [2.75, 3.05) is 25.0 Å². The summed E-state index contributed by atoms with van der Waals surface area (Å²) in [6.45, 7) is 4.91. The highest BCUT2D eigenvalue weighted by atomic mass is 32.2. The van der Waals surface area contributed by atoms with E-state index in [4.69, 9.17) is 0 Å². The molecule has 1 N–H and O–H groups in total. The zero-order valence-corrected chi connectivity index (χ0v) is 20.0. The fourth-order valence-electron chi connectivity index (χ4n) is 4.83. The minimum absolute atomic E-state index is 0.0112. The van der Waals surface area contributed by atoms with Crippen LogP contribution in [0.15, 0.2) is 47.4 Å². The Morgan fingerprint density at radius 1 is 1.03 bits per heavy atom. The molecule has 2 aromatic carbocycles. The first kappa shape index (κ1) is 23.4. The third-order valence-corrected chi connectivity index (χ3v) is 8.42. The first-order valence-electron chi connectivity index (χ1n) is 11.5. The van der Waals surface area contributed by atoms with Crippen LogP contribution in [0.4, 0.5) is 5.69 Å². The molecular formula is C25H31N3O4S. The lowest BCUT2D eigenvalue weighted by Gasteiger charge is -2.38. The van der Waals surface area contributed by atoms with Crippen molar-refractivity contribution in [3.8, 4) is 0 Å². The number of piperidine rings is 1. The molecule has 1 unspecified atom stereocenters. The average Bonchev–Trinajstić information content (AvgIpc) is 2.80. The molecule has 0 aliphatic carbocycles. The molecule has 1 fully saturated rings. The molecule has 176 valence electrons. The molecular weight excluding hydrogens is 438 g/mol. The number of sulfonamides is 1. The van der Waals surface area contributed by atoms with Crippen LogP contribution in [-0.4, -0.2) is 49.1 Å². The topological polar surface area (TPSA) is 86.8 Å². The highest BCUT2D eigenvalue weighted by molar-refractivity contribution is 7.89. The summed E-state index contributed by atoms with van der Waals surface area (Å²) >= 11 is 0. The van der Waals surface area contributed by atoms with Gasteiger partial charge in [-0.1, -0.05) is 30.3 Å². The molecule has 0 aromatic heterocycles. The Hall–Kier alpha value is -2.71. The van der Waals surface area contributed by atoms with Crippen LogP contribution in [0.25, 0.3) is 0 Å². The number of anilines is 1. The van der Waals surface area contributed by atoms with Crippen LogP contribution in [0.3, 0.4) is 0 Å². The number of hydrogen-bond donors (Lipinski definition) is 1. The van der Waals surface area contributed by atoms with E-state index in [0.29, 0.717) is 6.42 Å². The Balaban J connectivity index is 1.74. The number of nitrogens with one attached hydrogen (secondary N) is 1. The van der Waals surface area contributed by atoms with Crippen molar-refractivity contribution in [2.24, 2.45) is 0 Å². The van der Waals surface area contributed by atoms with Gasteiger partial charge in [0.1, 0.15) is 4.90 Å². The summed E-state index contributed by atoms with van der Waals surface area (Å²) in [6, 6.07) is 12.2. The second kappa shape index (κ2) is 9.65. The number of likely N-dealkylation sites (tertiary alicyclic amines) is 1. The molecule has 2 aromatic rings. The zero-order chi connectivity index (χ0) is 23.6. The van der Waals surface area contributed by atoms with E-state index in [1.807, 2.05) is 36.1 Å². The number of aryl methyl sites for hydroxylation is 1. The Morgan fingerprint density at radius 2 is 1.76 bits per heavy atom. The van der Waals surface area contributed by atoms with Crippen LogP contribution in [-0.2, 0) is 26.0 Å². The Bertz CT molecular complexity index is 1160. The van der Waals surface area contributed by atoms with Crippen molar-refractivity contribution in [1.29, 1.82) is 0 Å². The third-order valence-electron chi connectivity index (χ3n) is 6.47. The van der Waals surface area contributed by atoms with Crippen molar-refractivity contribution in [3.63, 3.8) is 0 Å². The van der Waals surface area contributed by atoms with Gasteiger partial charge in [0.2, 0.25) is 21.8 Å². The van der Waals surface area contributed by atoms with Crippen LogP contribution >= 0.6 is 0 Å². The maximum Gasteiger partial charge on any atom is 0.245 e. The number of carbonyl (C=O) groups is 2. The van der Waals surface area contributed by atoms with Crippen LogP contribution in [0.2, 0.25) is 0 Å². The smallest absolute Gasteiger partial charge is 0.245 e. The molecule has 2 amide bonds. The van der Waals surface area contributed by atoms with Gasteiger partial charge < -0.3 is 10.2 Å². The van der Waals surface area contributed by atoms with E-state index in [1.54, 1.807) is 18.2 Å². The molecule has 0 radical (unpaired) electrons.